The van der Waals surface area contributed by atoms with Gasteiger partial charge in [0.15, 0.2) is 0 Å². The molecule has 1 aliphatic heterocycles. The second kappa shape index (κ2) is 6.45. The normalized spacial score (nSPS) is 23.0. The fourth-order valence-corrected chi connectivity index (χ4v) is 2.93. The summed E-state index contributed by atoms with van der Waals surface area (Å²) in [7, 11) is 3.38. The molecule has 5 nitrogen and oxygen atoms in total. The number of nitrogen functional groups attached to an aromatic ring is 1. The van der Waals surface area contributed by atoms with Crippen molar-refractivity contribution in [2.45, 2.75) is 31.9 Å². The number of hydrogen-bond acceptors (Lipinski definition) is 4. The van der Waals surface area contributed by atoms with Crippen molar-refractivity contribution in [1.29, 1.82) is 5.41 Å². The van der Waals surface area contributed by atoms with Crippen molar-refractivity contribution in [1.82, 2.24) is 4.90 Å². The van der Waals surface area contributed by atoms with E-state index in [9.17, 15) is 0 Å². The first-order chi connectivity index (χ1) is 9.97. The molecule has 0 saturated carbocycles. The van der Waals surface area contributed by atoms with Gasteiger partial charge in [-0.15, -0.1) is 0 Å². The van der Waals surface area contributed by atoms with Crippen molar-refractivity contribution in [3.63, 3.8) is 0 Å². The Kier molecular flexibility index (Phi) is 4.85. The molecule has 5 heteroatoms. The van der Waals surface area contributed by atoms with Crippen LogP contribution in [0.5, 0.6) is 5.75 Å². The fourth-order valence-electron chi connectivity index (χ4n) is 2.93. The van der Waals surface area contributed by atoms with E-state index < -0.39 is 0 Å². The molecule has 1 aromatic rings. The molecule has 1 saturated heterocycles. The van der Waals surface area contributed by atoms with Crippen molar-refractivity contribution < 1.29 is 9.47 Å². The molecular formula is C16H25N3O2. The molecule has 1 unspecified atom stereocenters. The molecule has 0 aliphatic carbocycles. The number of methoxy groups -OCH3 is 2. The van der Waals surface area contributed by atoms with E-state index in [-0.39, 0.29) is 11.4 Å². The van der Waals surface area contributed by atoms with Crippen molar-refractivity contribution in [2.75, 3.05) is 27.3 Å². The standard InChI is InChI=1S/C16H25N3O2/c1-16(21-3)7-4-8-19(11-16)10-12-5-6-14(20-2)13(9-12)15(17)18/h5-6,9H,4,7-8,10-11H2,1-3H3,(H3,17,18). The van der Waals surface area contributed by atoms with Crippen LogP contribution in [0.25, 0.3) is 0 Å². The van der Waals surface area contributed by atoms with Crippen molar-refractivity contribution in [3.05, 3.63) is 29.3 Å². The molecule has 1 aliphatic rings. The molecular weight excluding hydrogens is 266 g/mol. The van der Waals surface area contributed by atoms with Crippen LogP contribution in [-0.2, 0) is 11.3 Å². The molecule has 21 heavy (non-hydrogen) atoms. The number of nitrogens with one attached hydrogen (secondary N) is 1. The third-order valence-electron chi connectivity index (χ3n) is 4.19. The number of ether oxygens (including phenoxy) is 2. The Labute approximate surface area is 126 Å². The lowest BCUT2D eigenvalue weighted by molar-refractivity contribution is -0.0527. The predicted molar refractivity (Wildman–Crippen MR) is 83.9 cm³/mol. The lowest BCUT2D eigenvalue weighted by Gasteiger charge is -2.39. The van der Waals surface area contributed by atoms with Crippen molar-refractivity contribution in [3.8, 4) is 5.75 Å². The fraction of sp³-hybridized carbons (Fsp3) is 0.562. The van der Waals surface area contributed by atoms with Crippen molar-refractivity contribution >= 4 is 5.84 Å². The van der Waals surface area contributed by atoms with Gasteiger partial charge < -0.3 is 15.2 Å². The van der Waals surface area contributed by atoms with Gasteiger partial charge in [0.25, 0.3) is 0 Å². The SMILES string of the molecule is COc1ccc(CN2CCCC(C)(OC)C2)cc1C(=N)N. The minimum absolute atomic E-state index is 0.0362. The molecule has 0 amide bonds. The van der Waals surface area contributed by atoms with E-state index in [1.165, 1.54) is 0 Å². The molecule has 1 heterocycles. The number of likely N-dealkylation sites (tertiary alicyclic amines) is 1. The van der Waals surface area contributed by atoms with E-state index in [4.69, 9.17) is 20.6 Å². The molecule has 1 fully saturated rings. The van der Waals surface area contributed by atoms with E-state index in [0.29, 0.717) is 11.3 Å². The maximum Gasteiger partial charge on any atom is 0.129 e. The highest BCUT2D eigenvalue weighted by Crippen LogP contribution is 2.26. The summed E-state index contributed by atoms with van der Waals surface area (Å²) in [5.74, 6) is 0.681. The Morgan fingerprint density at radius 3 is 2.81 bits per heavy atom. The van der Waals surface area contributed by atoms with Gasteiger partial charge in [0.1, 0.15) is 11.6 Å². The number of benzene rings is 1. The third-order valence-corrected chi connectivity index (χ3v) is 4.19. The van der Waals surface area contributed by atoms with E-state index in [1.54, 1.807) is 14.2 Å². The zero-order chi connectivity index (χ0) is 15.5. The summed E-state index contributed by atoms with van der Waals surface area (Å²) in [4.78, 5) is 2.39. The molecule has 1 aromatic carbocycles. The highest BCUT2D eigenvalue weighted by molar-refractivity contribution is 5.97. The van der Waals surface area contributed by atoms with Gasteiger partial charge in [-0.2, -0.15) is 0 Å². The Balaban J connectivity index is 2.12. The first-order valence-electron chi connectivity index (χ1n) is 7.26. The zero-order valence-corrected chi connectivity index (χ0v) is 13.1. The smallest absolute Gasteiger partial charge is 0.129 e. The van der Waals surface area contributed by atoms with Crippen LogP contribution < -0.4 is 10.5 Å². The van der Waals surface area contributed by atoms with Crippen LogP contribution in [0.4, 0.5) is 0 Å². The highest BCUT2D eigenvalue weighted by Gasteiger charge is 2.30. The molecule has 0 spiro atoms. The van der Waals surface area contributed by atoms with Gasteiger partial charge in [0.05, 0.1) is 18.3 Å². The third kappa shape index (κ3) is 3.74. The Hall–Kier alpha value is -1.59. The van der Waals surface area contributed by atoms with Gasteiger partial charge in [-0.3, -0.25) is 10.3 Å². The average Bonchev–Trinajstić information content (AvgIpc) is 2.47. The molecule has 0 aromatic heterocycles. The van der Waals surface area contributed by atoms with Gasteiger partial charge in [0, 0.05) is 20.2 Å². The summed E-state index contributed by atoms with van der Waals surface area (Å²) in [6.07, 6.45) is 2.24. The lowest BCUT2D eigenvalue weighted by atomic mass is 9.94. The largest absolute Gasteiger partial charge is 0.496 e. The van der Waals surface area contributed by atoms with Crippen LogP contribution in [0.1, 0.15) is 30.9 Å². The van der Waals surface area contributed by atoms with Crippen LogP contribution in [-0.4, -0.2) is 43.6 Å². The number of rotatable bonds is 5. The van der Waals surface area contributed by atoms with Crippen LogP contribution in [0.15, 0.2) is 18.2 Å². The van der Waals surface area contributed by atoms with E-state index >= 15 is 0 Å². The second-order valence-electron chi connectivity index (χ2n) is 5.92. The Morgan fingerprint density at radius 1 is 1.43 bits per heavy atom. The number of amidine groups is 1. The first-order valence-corrected chi connectivity index (χ1v) is 7.26. The van der Waals surface area contributed by atoms with Gasteiger partial charge in [-0.25, -0.2) is 0 Å². The molecule has 0 radical (unpaired) electrons. The molecule has 0 bridgehead atoms. The van der Waals surface area contributed by atoms with Gasteiger partial charge in [-0.05, 0) is 44.0 Å². The predicted octanol–water partition coefficient (Wildman–Crippen LogP) is 1.98. The average molecular weight is 291 g/mol. The van der Waals surface area contributed by atoms with Crippen LogP contribution in [0.2, 0.25) is 0 Å². The van der Waals surface area contributed by atoms with E-state index in [0.717, 1.165) is 38.0 Å². The van der Waals surface area contributed by atoms with Crippen molar-refractivity contribution in [2.24, 2.45) is 5.73 Å². The summed E-state index contributed by atoms with van der Waals surface area (Å²) in [5.41, 5.74) is 7.36. The minimum Gasteiger partial charge on any atom is -0.496 e. The Morgan fingerprint density at radius 2 is 2.19 bits per heavy atom. The molecule has 1 atom stereocenters. The van der Waals surface area contributed by atoms with Crippen LogP contribution >= 0.6 is 0 Å². The molecule has 116 valence electrons. The summed E-state index contributed by atoms with van der Waals surface area (Å²) < 4.78 is 10.9. The Bertz CT molecular complexity index is 518. The topological polar surface area (TPSA) is 71.6 Å². The van der Waals surface area contributed by atoms with Gasteiger partial charge in [-0.1, -0.05) is 6.07 Å². The minimum atomic E-state index is -0.0614. The summed E-state index contributed by atoms with van der Waals surface area (Å²) in [5, 5.41) is 7.65. The maximum atomic E-state index is 7.65. The quantitative estimate of drug-likeness (QED) is 0.643. The summed E-state index contributed by atoms with van der Waals surface area (Å²) >= 11 is 0. The summed E-state index contributed by atoms with van der Waals surface area (Å²) in [6, 6.07) is 5.86. The maximum absolute atomic E-state index is 7.65. The van der Waals surface area contributed by atoms with Crippen LogP contribution in [0.3, 0.4) is 0 Å². The van der Waals surface area contributed by atoms with Crippen LogP contribution in [0, 0.1) is 5.41 Å². The molecule has 2 rings (SSSR count). The number of nitrogens with zero attached hydrogens (tertiary/aromatic N) is 1. The monoisotopic (exact) mass is 291 g/mol. The number of nitrogens with two attached hydrogens (primary N) is 1. The van der Waals surface area contributed by atoms with E-state index in [2.05, 4.69) is 11.8 Å². The second-order valence-corrected chi connectivity index (χ2v) is 5.92. The first kappa shape index (κ1) is 15.8. The van der Waals surface area contributed by atoms with Gasteiger partial charge >= 0.3 is 0 Å². The lowest BCUT2D eigenvalue weighted by Crippen LogP contribution is -2.46. The summed E-state index contributed by atoms with van der Waals surface area (Å²) in [6.45, 7) is 4.99. The highest BCUT2D eigenvalue weighted by atomic mass is 16.5. The zero-order valence-electron chi connectivity index (χ0n) is 13.1. The molecule has 3 N–H and O–H groups in total. The van der Waals surface area contributed by atoms with Gasteiger partial charge in [0.2, 0.25) is 0 Å². The number of piperidine rings is 1. The number of hydrogen-bond donors (Lipinski definition) is 2. The van der Waals surface area contributed by atoms with E-state index in [1.807, 2.05) is 18.2 Å².